The minimum Gasteiger partial charge on any atom is -0.312 e. The summed E-state index contributed by atoms with van der Waals surface area (Å²) in [6.07, 6.45) is 2.14. The Hall–Kier alpha value is 0.0100. The van der Waals surface area contributed by atoms with Gasteiger partial charge in [0.2, 0.25) is 0 Å². The Morgan fingerprint density at radius 1 is 1.67 bits per heavy atom. The zero-order valence-corrected chi connectivity index (χ0v) is 9.39. The van der Waals surface area contributed by atoms with Gasteiger partial charge in [0.25, 0.3) is 0 Å². The van der Waals surface area contributed by atoms with E-state index in [0.29, 0.717) is 6.04 Å². The third-order valence-electron chi connectivity index (χ3n) is 1.83. The van der Waals surface area contributed by atoms with Crippen molar-refractivity contribution < 1.29 is 0 Å². The van der Waals surface area contributed by atoms with Crippen LogP contribution in [0.5, 0.6) is 0 Å². The molecule has 12 heavy (non-hydrogen) atoms. The summed E-state index contributed by atoms with van der Waals surface area (Å²) in [7, 11) is 2.02. The highest BCUT2D eigenvalue weighted by Crippen LogP contribution is 2.22. The van der Waals surface area contributed by atoms with Crippen molar-refractivity contribution in [2.45, 2.75) is 13.0 Å². The lowest BCUT2D eigenvalue weighted by Gasteiger charge is -2.12. The van der Waals surface area contributed by atoms with Gasteiger partial charge in [-0.15, -0.1) is 11.3 Å². The number of thioether (sulfide) groups is 1. The molecule has 0 saturated carbocycles. The molecule has 1 aromatic rings. The normalized spacial score (nSPS) is 13.2. The SMILES string of the molecule is CNC(CSC)c1csc(C)c1. The van der Waals surface area contributed by atoms with Crippen molar-refractivity contribution in [1.29, 1.82) is 0 Å². The maximum absolute atomic E-state index is 3.32. The zero-order chi connectivity index (χ0) is 8.97. The van der Waals surface area contributed by atoms with E-state index in [1.54, 1.807) is 0 Å². The first-order valence-electron chi connectivity index (χ1n) is 3.99. The molecule has 0 radical (unpaired) electrons. The van der Waals surface area contributed by atoms with Gasteiger partial charge >= 0.3 is 0 Å². The van der Waals surface area contributed by atoms with Gasteiger partial charge in [0.1, 0.15) is 0 Å². The van der Waals surface area contributed by atoms with Gasteiger partial charge in [-0.1, -0.05) is 0 Å². The van der Waals surface area contributed by atoms with Crippen LogP contribution in [0.4, 0.5) is 0 Å². The smallest absolute Gasteiger partial charge is 0.0417 e. The molecule has 0 bridgehead atoms. The molecule has 1 atom stereocenters. The molecule has 0 aromatic carbocycles. The molecule has 0 fully saturated rings. The van der Waals surface area contributed by atoms with Crippen LogP contribution in [0.1, 0.15) is 16.5 Å². The summed E-state index contributed by atoms with van der Waals surface area (Å²) in [5, 5.41) is 5.56. The molecular formula is C9H15NS2. The summed E-state index contributed by atoms with van der Waals surface area (Å²) in [4.78, 5) is 1.39. The predicted molar refractivity (Wildman–Crippen MR) is 59.2 cm³/mol. The van der Waals surface area contributed by atoms with E-state index in [4.69, 9.17) is 0 Å². The molecule has 1 rings (SSSR count). The summed E-state index contributed by atoms with van der Waals surface area (Å²) >= 11 is 3.71. The second-order valence-electron chi connectivity index (χ2n) is 2.79. The van der Waals surface area contributed by atoms with Crippen molar-refractivity contribution in [2.24, 2.45) is 0 Å². The third-order valence-corrected chi connectivity index (χ3v) is 3.38. The highest BCUT2D eigenvalue weighted by atomic mass is 32.2. The largest absolute Gasteiger partial charge is 0.312 e. The van der Waals surface area contributed by atoms with Crippen LogP contribution in [0.15, 0.2) is 11.4 Å². The van der Waals surface area contributed by atoms with Gasteiger partial charge < -0.3 is 5.32 Å². The Morgan fingerprint density at radius 2 is 2.42 bits per heavy atom. The van der Waals surface area contributed by atoms with Crippen molar-refractivity contribution in [3.8, 4) is 0 Å². The summed E-state index contributed by atoms with van der Waals surface area (Å²) < 4.78 is 0. The fourth-order valence-electron chi connectivity index (χ4n) is 1.16. The van der Waals surface area contributed by atoms with Gasteiger partial charge in [-0.05, 0) is 37.2 Å². The molecule has 0 spiro atoms. The molecule has 3 heteroatoms. The number of aryl methyl sites for hydroxylation is 1. The highest BCUT2D eigenvalue weighted by molar-refractivity contribution is 7.98. The maximum Gasteiger partial charge on any atom is 0.0417 e. The standard InChI is InChI=1S/C9H15NS2/c1-7-4-8(5-12-7)9(10-2)6-11-3/h4-5,9-10H,6H2,1-3H3. The lowest BCUT2D eigenvalue weighted by atomic mass is 10.2. The van der Waals surface area contributed by atoms with E-state index >= 15 is 0 Å². The Bertz CT molecular complexity index is 232. The van der Waals surface area contributed by atoms with Gasteiger partial charge in [-0.2, -0.15) is 11.8 Å². The molecule has 0 amide bonds. The second kappa shape index (κ2) is 4.90. The number of hydrogen-bond donors (Lipinski definition) is 1. The Morgan fingerprint density at radius 3 is 2.83 bits per heavy atom. The lowest BCUT2D eigenvalue weighted by molar-refractivity contribution is 0.664. The lowest BCUT2D eigenvalue weighted by Crippen LogP contribution is -2.17. The van der Waals surface area contributed by atoms with Gasteiger partial charge in [-0.3, -0.25) is 0 Å². The quantitative estimate of drug-likeness (QED) is 0.804. The van der Waals surface area contributed by atoms with Gasteiger partial charge in [0.05, 0.1) is 0 Å². The average Bonchev–Trinajstić information content (AvgIpc) is 2.47. The molecule has 1 heterocycles. The fraction of sp³-hybridized carbons (Fsp3) is 0.556. The highest BCUT2D eigenvalue weighted by Gasteiger charge is 2.08. The van der Waals surface area contributed by atoms with E-state index in [1.807, 2.05) is 30.1 Å². The summed E-state index contributed by atoms with van der Waals surface area (Å²) in [6.45, 7) is 2.15. The van der Waals surface area contributed by atoms with E-state index in [2.05, 4.69) is 29.9 Å². The molecule has 0 aliphatic rings. The van der Waals surface area contributed by atoms with Crippen LogP contribution in [-0.2, 0) is 0 Å². The fourth-order valence-corrected chi connectivity index (χ4v) is 2.61. The average molecular weight is 201 g/mol. The maximum atomic E-state index is 3.32. The molecule has 1 nitrogen and oxygen atoms in total. The van der Waals surface area contributed by atoms with Crippen molar-refractivity contribution in [3.63, 3.8) is 0 Å². The first kappa shape index (κ1) is 10.1. The second-order valence-corrected chi connectivity index (χ2v) is 4.81. The molecular weight excluding hydrogens is 186 g/mol. The third kappa shape index (κ3) is 2.51. The summed E-state index contributed by atoms with van der Waals surface area (Å²) in [6, 6.07) is 2.78. The van der Waals surface area contributed by atoms with E-state index in [-0.39, 0.29) is 0 Å². The predicted octanol–water partition coefficient (Wildman–Crippen LogP) is 2.68. The molecule has 1 N–H and O–H groups in total. The van der Waals surface area contributed by atoms with Crippen molar-refractivity contribution in [2.75, 3.05) is 19.1 Å². The molecule has 1 unspecified atom stereocenters. The summed E-state index contributed by atoms with van der Waals surface area (Å²) in [5.41, 5.74) is 1.43. The van der Waals surface area contributed by atoms with E-state index < -0.39 is 0 Å². The first-order chi connectivity index (χ1) is 5.77. The van der Waals surface area contributed by atoms with Gasteiger partial charge in [-0.25, -0.2) is 0 Å². The molecule has 68 valence electrons. The first-order valence-corrected chi connectivity index (χ1v) is 6.26. The van der Waals surface area contributed by atoms with Crippen molar-refractivity contribution in [3.05, 3.63) is 21.9 Å². The zero-order valence-electron chi connectivity index (χ0n) is 7.76. The van der Waals surface area contributed by atoms with Crippen LogP contribution in [0.3, 0.4) is 0 Å². The Labute approximate surface area is 82.6 Å². The monoisotopic (exact) mass is 201 g/mol. The van der Waals surface area contributed by atoms with E-state index in [9.17, 15) is 0 Å². The van der Waals surface area contributed by atoms with Crippen molar-refractivity contribution in [1.82, 2.24) is 5.32 Å². The van der Waals surface area contributed by atoms with Crippen LogP contribution < -0.4 is 5.32 Å². The van der Waals surface area contributed by atoms with E-state index in [0.717, 1.165) is 5.75 Å². The minimum atomic E-state index is 0.518. The van der Waals surface area contributed by atoms with Crippen LogP contribution in [0, 0.1) is 6.92 Å². The van der Waals surface area contributed by atoms with Crippen LogP contribution in [0.2, 0.25) is 0 Å². The molecule has 0 aliphatic carbocycles. The molecule has 0 saturated heterocycles. The number of thiophene rings is 1. The topological polar surface area (TPSA) is 12.0 Å². The summed E-state index contributed by atoms with van der Waals surface area (Å²) in [5.74, 6) is 1.15. The van der Waals surface area contributed by atoms with E-state index in [1.165, 1.54) is 10.4 Å². The Kier molecular flexibility index (Phi) is 4.12. The Balaban J connectivity index is 2.66. The number of nitrogens with one attached hydrogen (secondary N) is 1. The van der Waals surface area contributed by atoms with Crippen LogP contribution >= 0.6 is 23.1 Å². The van der Waals surface area contributed by atoms with Crippen molar-refractivity contribution >= 4 is 23.1 Å². The van der Waals surface area contributed by atoms with Crippen LogP contribution in [0.25, 0.3) is 0 Å². The number of hydrogen-bond acceptors (Lipinski definition) is 3. The minimum absolute atomic E-state index is 0.518. The van der Waals surface area contributed by atoms with Crippen LogP contribution in [-0.4, -0.2) is 19.1 Å². The number of rotatable bonds is 4. The molecule has 0 aliphatic heterocycles. The molecule has 1 aromatic heterocycles. The van der Waals surface area contributed by atoms with Gasteiger partial charge in [0, 0.05) is 16.7 Å². The van der Waals surface area contributed by atoms with Gasteiger partial charge in [0.15, 0.2) is 0 Å².